The van der Waals surface area contributed by atoms with Gasteiger partial charge in [-0.3, -0.25) is 0 Å². The maximum Gasteiger partial charge on any atom is 0.338 e. The number of anilines is 2. The fourth-order valence-electron chi connectivity index (χ4n) is 6.36. The number of hydrogen-bond acceptors (Lipinski definition) is 4. The highest BCUT2D eigenvalue weighted by molar-refractivity contribution is 5.89. The number of aryl methyl sites for hydroxylation is 2. The minimum absolute atomic E-state index is 0.0638. The molecule has 0 aliphatic carbocycles. The summed E-state index contributed by atoms with van der Waals surface area (Å²) in [4.78, 5) is 17.7. The number of esters is 1. The summed E-state index contributed by atoms with van der Waals surface area (Å²) in [6, 6.07) is 21.9. The Bertz CT molecular complexity index is 1210. The Morgan fingerprint density at radius 1 is 0.614 bits per heavy atom. The molecular weight excluding hydrogens is 540 g/mol. The Morgan fingerprint density at radius 2 is 1.07 bits per heavy atom. The lowest BCUT2D eigenvalue weighted by molar-refractivity contribution is 0.0497. The van der Waals surface area contributed by atoms with E-state index in [1.165, 1.54) is 77.7 Å². The fourth-order valence-corrected chi connectivity index (χ4v) is 6.36. The Morgan fingerprint density at radius 3 is 1.50 bits per heavy atom. The van der Waals surface area contributed by atoms with Crippen molar-refractivity contribution in [2.45, 2.75) is 106 Å². The second-order valence-corrected chi connectivity index (χ2v) is 12.1. The van der Waals surface area contributed by atoms with E-state index >= 15 is 0 Å². The Balaban J connectivity index is 1.82. The highest BCUT2D eigenvalue weighted by Crippen LogP contribution is 2.38. The van der Waals surface area contributed by atoms with E-state index in [-0.39, 0.29) is 11.9 Å². The van der Waals surface area contributed by atoms with Gasteiger partial charge in [0.15, 0.2) is 0 Å². The molecule has 3 aromatic rings. The van der Waals surface area contributed by atoms with Gasteiger partial charge in [0.25, 0.3) is 0 Å². The van der Waals surface area contributed by atoms with Crippen molar-refractivity contribution in [3.63, 3.8) is 0 Å². The Labute approximate surface area is 268 Å². The first kappa shape index (κ1) is 35.2. The highest BCUT2D eigenvalue weighted by atomic mass is 16.5. The lowest BCUT2D eigenvalue weighted by Gasteiger charge is -2.27. The zero-order valence-electron chi connectivity index (χ0n) is 28.8. The lowest BCUT2D eigenvalue weighted by Crippen LogP contribution is -2.22. The molecule has 0 bridgehead atoms. The normalized spacial score (nSPS) is 11.2. The van der Waals surface area contributed by atoms with Gasteiger partial charge in [-0.1, -0.05) is 76.1 Å². The van der Waals surface area contributed by atoms with E-state index in [0.717, 1.165) is 39.0 Å². The summed E-state index contributed by atoms with van der Waals surface area (Å²) in [5, 5.41) is 0. The molecule has 0 heterocycles. The maximum absolute atomic E-state index is 12.9. The topological polar surface area (TPSA) is 32.8 Å². The van der Waals surface area contributed by atoms with Crippen LogP contribution < -0.4 is 9.80 Å². The molecule has 44 heavy (non-hydrogen) atoms. The van der Waals surface area contributed by atoms with Crippen LogP contribution in [0.15, 0.2) is 60.7 Å². The molecule has 240 valence electrons. The van der Waals surface area contributed by atoms with Crippen LogP contribution in [0, 0.1) is 13.8 Å². The van der Waals surface area contributed by atoms with E-state index in [4.69, 9.17) is 4.74 Å². The van der Waals surface area contributed by atoms with Gasteiger partial charge in [-0.15, -0.1) is 0 Å². The van der Waals surface area contributed by atoms with Crippen molar-refractivity contribution in [2.24, 2.45) is 0 Å². The third kappa shape index (κ3) is 9.61. The van der Waals surface area contributed by atoms with Crippen LogP contribution in [0.1, 0.15) is 130 Å². The molecule has 0 saturated carbocycles. The summed E-state index contributed by atoms with van der Waals surface area (Å²) in [6.07, 6.45) is 9.84. The first-order valence-corrected chi connectivity index (χ1v) is 17.4. The fraction of sp³-hybridized carbons (Fsp3) is 0.525. The molecule has 3 aromatic carbocycles. The summed E-state index contributed by atoms with van der Waals surface area (Å²) in [6.45, 7) is 20.0. The molecular formula is C40H58N2O2. The van der Waals surface area contributed by atoms with Crippen molar-refractivity contribution < 1.29 is 9.53 Å². The first-order valence-electron chi connectivity index (χ1n) is 17.4. The van der Waals surface area contributed by atoms with Crippen LogP contribution in [0.2, 0.25) is 0 Å². The number of nitrogens with zero attached hydrogens (tertiary/aromatic N) is 2. The van der Waals surface area contributed by atoms with Gasteiger partial charge >= 0.3 is 5.97 Å². The molecule has 0 aliphatic heterocycles. The number of ether oxygens (including phenoxy) is 1. The Hall–Kier alpha value is -3.27. The van der Waals surface area contributed by atoms with Crippen LogP contribution in [0.3, 0.4) is 0 Å². The van der Waals surface area contributed by atoms with E-state index < -0.39 is 0 Å². The predicted molar refractivity (Wildman–Crippen MR) is 190 cm³/mol. The number of benzene rings is 3. The van der Waals surface area contributed by atoms with E-state index in [1.807, 2.05) is 12.1 Å². The monoisotopic (exact) mass is 598 g/mol. The van der Waals surface area contributed by atoms with Crippen molar-refractivity contribution in [1.29, 1.82) is 0 Å². The van der Waals surface area contributed by atoms with E-state index in [2.05, 4.69) is 107 Å². The van der Waals surface area contributed by atoms with Crippen LogP contribution in [0.4, 0.5) is 11.4 Å². The van der Waals surface area contributed by atoms with Crippen LogP contribution in [-0.4, -0.2) is 38.8 Å². The second-order valence-electron chi connectivity index (χ2n) is 12.1. The van der Waals surface area contributed by atoms with Gasteiger partial charge in [0.1, 0.15) is 0 Å². The maximum atomic E-state index is 12.9. The number of hydrogen-bond donors (Lipinski definition) is 0. The van der Waals surface area contributed by atoms with Crippen LogP contribution >= 0.6 is 0 Å². The molecule has 3 rings (SSSR count). The smallest absolute Gasteiger partial charge is 0.338 e. The van der Waals surface area contributed by atoms with Gasteiger partial charge in [0, 0.05) is 43.5 Å². The molecule has 0 amide bonds. The quantitative estimate of drug-likeness (QED) is 0.0781. The van der Waals surface area contributed by atoms with Crippen LogP contribution in [0.25, 0.3) is 0 Å². The Kier molecular flexibility index (Phi) is 14.8. The van der Waals surface area contributed by atoms with Gasteiger partial charge in [-0.2, -0.15) is 0 Å². The second kappa shape index (κ2) is 18.5. The van der Waals surface area contributed by atoms with Crippen molar-refractivity contribution in [3.05, 3.63) is 94.0 Å². The molecule has 0 N–H and O–H groups in total. The average molecular weight is 599 g/mol. The van der Waals surface area contributed by atoms with Crippen molar-refractivity contribution in [3.8, 4) is 0 Å². The lowest BCUT2D eigenvalue weighted by atomic mass is 9.81. The summed E-state index contributed by atoms with van der Waals surface area (Å²) < 4.78 is 5.65. The molecule has 0 saturated heterocycles. The van der Waals surface area contributed by atoms with E-state index in [1.54, 1.807) is 0 Å². The van der Waals surface area contributed by atoms with Gasteiger partial charge in [-0.25, -0.2) is 4.79 Å². The van der Waals surface area contributed by atoms with E-state index in [9.17, 15) is 4.79 Å². The molecule has 0 aliphatic rings. The summed E-state index contributed by atoms with van der Waals surface area (Å²) >= 11 is 0. The molecule has 0 atom stereocenters. The molecule has 4 nitrogen and oxygen atoms in total. The van der Waals surface area contributed by atoms with Crippen molar-refractivity contribution in [2.75, 3.05) is 42.6 Å². The van der Waals surface area contributed by atoms with Crippen LogP contribution in [0.5, 0.6) is 0 Å². The van der Waals surface area contributed by atoms with Crippen LogP contribution in [-0.2, 0) is 4.74 Å². The largest absolute Gasteiger partial charge is 0.462 e. The number of carbonyl (C=O) groups is 1. The van der Waals surface area contributed by atoms with Gasteiger partial charge in [0.05, 0.1) is 12.2 Å². The third-order valence-electron chi connectivity index (χ3n) is 9.10. The SMILES string of the molecule is CCCCCCCCCCOC(=O)c1ccc(C(c2ccc(N(CC)CC)cc2C)c2ccc(N(CC)CC)cc2C)cc1. The molecule has 0 aromatic heterocycles. The minimum atomic E-state index is -0.226. The van der Waals surface area contributed by atoms with Gasteiger partial charge < -0.3 is 14.5 Å². The summed E-state index contributed by atoms with van der Waals surface area (Å²) in [5.74, 6) is -0.163. The zero-order valence-corrected chi connectivity index (χ0v) is 28.8. The standard InChI is InChI=1S/C40H58N2O2/c1-8-13-14-15-16-17-18-19-28-44-40(43)34-22-20-33(21-23-34)39(37-26-24-35(29-31(37)6)41(9-2)10-3)38-27-25-36(30-32(38)7)42(11-4)12-5/h20-27,29-30,39H,8-19,28H2,1-7H3. The first-order chi connectivity index (χ1) is 21.4. The molecule has 0 radical (unpaired) electrons. The molecule has 0 unspecified atom stereocenters. The molecule has 0 fully saturated rings. The highest BCUT2D eigenvalue weighted by Gasteiger charge is 2.22. The van der Waals surface area contributed by atoms with Gasteiger partial charge in [0.2, 0.25) is 0 Å². The summed E-state index contributed by atoms with van der Waals surface area (Å²) in [5.41, 5.74) is 9.47. The number of carbonyl (C=O) groups excluding carboxylic acids is 1. The predicted octanol–water partition coefficient (Wildman–Crippen LogP) is 10.5. The molecule has 4 heteroatoms. The average Bonchev–Trinajstić information content (AvgIpc) is 3.03. The van der Waals surface area contributed by atoms with Gasteiger partial charge in [-0.05, 0) is 112 Å². The van der Waals surface area contributed by atoms with Crippen molar-refractivity contribution >= 4 is 17.3 Å². The minimum Gasteiger partial charge on any atom is -0.462 e. The third-order valence-corrected chi connectivity index (χ3v) is 9.10. The zero-order chi connectivity index (χ0) is 31.9. The number of unbranched alkanes of at least 4 members (excludes halogenated alkanes) is 7. The van der Waals surface area contributed by atoms with Crippen molar-refractivity contribution in [1.82, 2.24) is 0 Å². The van der Waals surface area contributed by atoms with E-state index in [0.29, 0.717) is 12.2 Å². The summed E-state index contributed by atoms with van der Waals surface area (Å²) in [7, 11) is 0. The molecule has 0 spiro atoms. The number of rotatable bonds is 19.